The lowest BCUT2D eigenvalue weighted by Crippen LogP contribution is -2.13. The van der Waals surface area contributed by atoms with E-state index in [0.717, 1.165) is 24.2 Å². The fourth-order valence-corrected chi connectivity index (χ4v) is 3.15. The van der Waals surface area contributed by atoms with Crippen LogP contribution in [0.2, 0.25) is 0 Å². The molecule has 0 bridgehead atoms. The predicted molar refractivity (Wildman–Crippen MR) is 93.0 cm³/mol. The quantitative estimate of drug-likeness (QED) is 0.513. The van der Waals surface area contributed by atoms with Crippen LogP contribution in [0.15, 0.2) is 66.9 Å². The van der Waals surface area contributed by atoms with Gasteiger partial charge in [0.15, 0.2) is 0 Å². The number of hydrogen-bond donors (Lipinski definition) is 0. The molecule has 0 spiro atoms. The summed E-state index contributed by atoms with van der Waals surface area (Å²) in [5.41, 5.74) is 4.63. The third-order valence-electron chi connectivity index (χ3n) is 4.30. The number of rotatable bonds is 2. The van der Waals surface area contributed by atoms with E-state index in [-0.39, 0.29) is 5.69 Å². The number of anilines is 3. The number of nitro groups is 1. The van der Waals surface area contributed by atoms with Gasteiger partial charge in [0, 0.05) is 6.07 Å². The number of hydrogen-bond acceptors (Lipinski definition) is 4. The van der Waals surface area contributed by atoms with Crippen LogP contribution in [-0.4, -0.2) is 9.91 Å². The monoisotopic (exact) mass is 317 g/mol. The van der Waals surface area contributed by atoms with Gasteiger partial charge in [0.2, 0.25) is 0 Å². The summed E-state index contributed by atoms with van der Waals surface area (Å²) < 4.78 is 0. The Labute approximate surface area is 139 Å². The van der Waals surface area contributed by atoms with Gasteiger partial charge in [0.1, 0.15) is 12.0 Å². The van der Waals surface area contributed by atoms with Crippen LogP contribution < -0.4 is 4.90 Å². The minimum atomic E-state index is -0.429. The Bertz CT molecular complexity index is 859. The Kier molecular flexibility index (Phi) is 3.46. The van der Waals surface area contributed by atoms with Gasteiger partial charge in [-0.15, -0.1) is 0 Å². The highest BCUT2D eigenvalue weighted by atomic mass is 16.6. The first kappa shape index (κ1) is 14.4. The molecule has 3 aromatic rings. The number of aryl methyl sites for hydroxylation is 2. The minimum Gasteiger partial charge on any atom is -0.294 e. The molecule has 0 aliphatic carbocycles. The molecule has 5 heteroatoms. The van der Waals surface area contributed by atoms with Crippen molar-refractivity contribution in [3.05, 3.63) is 88.1 Å². The first-order chi connectivity index (χ1) is 11.7. The number of para-hydroxylation sites is 2. The molecule has 0 unspecified atom stereocenters. The van der Waals surface area contributed by atoms with Crippen LogP contribution in [0.5, 0.6) is 0 Å². The molecule has 0 N–H and O–H groups in total. The van der Waals surface area contributed by atoms with Crippen LogP contribution in [0.25, 0.3) is 0 Å². The Morgan fingerprint density at radius 3 is 1.96 bits per heavy atom. The second kappa shape index (κ2) is 5.77. The van der Waals surface area contributed by atoms with Crippen molar-refractivity contribution in [2.24, 2.45) is 0 Å². The average molecular weight is 317 g/mol. The van der Waals surface area contributed by atoms with Crippen molar-refractivity contribution in [1.29, 1.82) is 0 Å². The van der Waals surface area contributed by atoms with Crippen molar-refractivity contribution in [1.82, 2.24) is 4.98 Å². The van der Waals surface area contributed by atoms with Crippen molar-refractivity contribution in [3.8, 4) is 0 Å². The smallest absolute Gasteiger partial charge is 0.287 e. The molecule has 4 rings (SSSR count). The number of nitrogens with zero attached hydrogens (tertiary/aromatic N) is 3. The van der Waals surface area contributed by atoms with E-state index >= 15 is 0 Å². The van der Waals surface area contributed by atoms with Gasteiger partial charge in [-0.1, -0.05) is 36.4 Å². The third-order valence-corrected chi connectivity index (χ3v) is 4.30. The summed E-state index contributed by atoms with van der Waals surface area (Å²) in [6.07, 6.45) is 3.22. The average Bonchev–Trinajstić information content (AvgIpc) is 2.79. The molecule has 118 valence electrons. The van der Waals surface area contributed by atoms with Gasteiger partial charge in [-0.3, -0.25) is 15.0 Å². The number of benzene rings is 2. The van der Waals surface area contributed by atoms with E-state index in [1.807, 2.05) is 24.3 Å². The topological polar surface area (TPSA) is 59.3 Å². The Morgan fingerprint density at radius 1 is 0.875 bits per heavy atom. The maximum Gasteiger partial charge on any atom is 0.287 e. The maximum atomic E-state index is 10.9. The molecule has 2 heterocycles. The largest absolute Gasteiger partial charge is 0.294 e. The molecule has 1 aliphatic rings. The van der Waals surface area contributed by atoms with E-state index in [4.69, 9.17) is 0 Å². The normalized spacial score (nSPS) is 12.9. The summed E-state index contributed by atoms with van der Waals surface area (Å²) in [6.45, 7) is 0. The summed E-state index contributed by atoms with van der Waals surface area (Å²) in [7, 11) is 0. The Morgan fingerprint density at radius 2 is 1.46 bits per heavy atom. The number of pyridine rings is 1. The minimum absolute atomic E-state index is 0.00450. The van der Waals surface area contributed by atoms with Gasteiger partial charge in [-0.2, -0.15) is 0 Å². The van der Waals surface area contributed by atoms with E-state index < -0.39 is 4.92 Å². The summed E-state index contributed by atoms with van der Waals surface area (Å²) in [6, 6.07) is 19.7. The van der Waals surface area contributed by atoms with Crippen LogP contribution in [0, 0.1) is 10.1 Å². The summed E-state index contributed by atoms with van der Waals surface area (Å²) >= 11 is 0. The molecule has 1 aliphatic heterocycles. The number of fused-ring (bicyclic) bond motifs is 2. The fourth-order valence-electron chi connectivity index (χ4n) is 3.15. The highest BCUT2D eigenvalue weighted by Gasteiger charge is 2.22. The zero-order valence-electron chi connectivity index (χ0n) is 12.9. The first-order valence-corrected chi connectivity index (χ1v) is 7.80. The van der Waals surface area contributed by atoms with Gasteiger partial charge in [-0.05, 0) is 42.2 Å². The Hall–Kier alpha value is -3.21. The van der Waals surface area contributed by atoms with E-state index in [2.05, 4.69) is 34.1 Å². The molecule has 5 nitrogen and oxygen atoms in total. The molecule has 0 fully saturated rings. The second-order valence-corrected chi connectivity index (χ2v) is 5.72. The third kappa shape index (κ3) is 2.40. The summed E-state index contributed by atoms with van der Waals surface area (Å²) in [5, 5.41) is 10.9. The van der Waals surface area contributed by atoms with E-state index in [9.17, 15) is 10.1 Å². The second-order valence-electron chi connectivity index (χ2n) is 5.72. The molecule has 2 aromatic carbocycles. The van der Waals surface area contributed by atoms with Gasteiger partial charge < -0.3 is 0 Å². The molecule has 1 aromatic heterocycles. The van der Waals surface area contributed by atoms with Crippen LogP contribution in [0.1, 0.15) is 11.1 Å². The zero-order chi connectivity index (χ0) is 16.5. The van der Waals surface area contributed by atoms with E-state index in [1.165, 1.54) is 23.4 Å². The number of aromatic nitrogens is 1. The maximum absolute atomic E-state index is 10.9. The van der Waals surface area contributed by atoms with Crippen molar-refractivity contribution in [2.45, 2.75) is 12.8 Å². The highest BCUT2D eigenvalue weighted by Crippen LogP contribution is 2.40. The van der Waals surface area contributed by atoms with Gasteiger partial charge in [-0.25, -0.2) is 4.98 Å². The molecular formula is C19H15N3O2. The molecule has 0 amide bonds. The van der Waals surface area contributed by atoms with E-state index in [0.29, 0.717) is 5.82 Å². The lowest BCUT2D eigenvalue weighted by Gasteiger charge is -2.25. The lowest BCUT2D eigenvalue weighted by atomic mass is 10.0. The molecule has 24 heavy (non-hydrogen) atoms. The molecule has 0 atom stereocenters. The van der Waals surface area contributed by atoms with Crippen molar-refractivity contribution < 1.29 is 4.92 Å². The SMILES string of the molecule is O=[N+]([O-])c1ccc(N2c3ccccc3CCc3ccccc32)nc1. The lowest BCUT2D eigenvalue weighted by molar-refractivity contribution is -0.385. The van der Waals surface area contributed by atoms with Gasteiger partial charge in [0.25, 0.3) is 5.69 Å². The van der Waals surface area contributed by atoms with Crippen molar-refractivity contribution in [3.63, 3.8) is 0 Å². The molecule has 0 radical (unpaired) electrons. The highest BCUT2D eigenvalue weighted by molar-refractivity contribution is 5.79. The summed E-state index contributed by atoms with van der Waals surface area (Å²) in [4.78, 5) is 16.9. The zero-order valence-corrected chi connectivity index (χ0v) is 12.9. The summed E-state index contributed by atoms with van der Waals surface area (Å²) in [5.74, 6) is 0.683. The molecular weight excluding hydrogens is 302 g/mol. The van der Waals surface area contributed by atoms with Crippen LogP contribution in [0.4, 0.5) is 22.9 Å². The van der Waals surface area contributed by atoms with Crippen LogP contribution >= 0.6 is 0 Å². The van der Waals surface area contributed by atoms with E-state index in [1.54, 1.807) is 6.07 Å². The van der Waals surface area contributed by atoms with Crippen LogP contribution in [-0.2, 0) is 12.8 Å². The predicted octanol–water partition coefficient (Wildman–Crippen LogP) is 4.56. The van der Waals surface area contributed by atoms with Gasteiger partial charge >= 0.3 is 0 Å². The Balaban J connectivity index is 1.91. The first-order valence-electron chi connectivity index (χ1n) is 7.80. The fraction of sp³-hybridized carbons (Fsp3) is 0.105. The molecule has 0 saturated heterocycles. The standard InChI is InChI=1S/C19H15N3O2/c23-22(24)16-11-12-19(20-13-16)21-17-7-3-1-5-14(17)9-10-15-6-2-4-8-18(15)21/h1-8,11-13H,9-10H2. The van der Waals surface area contributed by atoms with Crippen molar-refractivity contribution in [2.75, 3.05) is 4.90 Å². The van der Waals surface area contributed by atoms with Crippen molar-refractivity contribution >= 4 is 22.9 Å². The van der Waals surface area contributed by atoms with Crippen LogP contribution in [0.3, 0.4) is 0 Å². The van der Waals surface area contributed by atoms with Gasteiger partial charge in [0.05, 0.1) is 16.3 Å². The molecule has 0 saturated carbocycles.